The molecule has 0 atom stereocenters. The van der Waals surface area contributed by atoms with E-state index in [-0.39, 0.29) is 0 Å². The van der Waals surface area contributed by atoms with Crippen molar-refractivity contribution in [2.24, 2.45) is 0 Å². The van der Waals surface area contributed by atoms with Gasteiger partial charge in [0.05, 0.1) is 0 Å². The first-order valence-corrected chi connectivity index (χ1v) is 6.61. The summed E-state index contributed by atoms with van der Waals surface area (Å²) in [6.45, 7) is 0. The molecule has 0 fully saturated rings. The van der Waals surface area contributed by atoms with Crippen LogP contribution in [0, 0.1) is 24.2 Å². The Morgan fingerprint density at radius 1 is 1.06 bits per heavy atom. The number of allylic oxidation sites excluding steroid dienone is 2. The van der Waals surface area contributed by atoms with Gasteiger partial charge in [0.1, 0.15) is 0 Å². The number of hydrogen-bond acceptors (Lipinski definition) is 0. The third-order valence-electron chi connectivity index (χ3n) is 3.24. The Labute approximate surface area is 110 Å². The molecular formula is C18H18. The third kappa shape index (κ3) is 3.54. The highest BCUT2D eigenvalue weighted by Crippen LogP contribution is 2.24. The summed E-state index contributed by atoms with van der Waals surface area (Å²) in [6, 6.07) is 10.6. The van der Waals surface area contributed by atoms with Crippen molar-refractivity contribution in [3.63, 3.8) is 0 Å². The summed E-state index contributed by atoms with van der Waals surface area (Å²) in [5.41, 5.74) is 3.73. The third-order valence-corrected chi connectivity index (χ3v) is 3.24. The van der Waals surface area contributed by atoms with Crippen LogP contribution in [0.25, 0.3) is 0 Å². The van der Waals surface area contributed by atoms with Crippen LogP contribution in [0.15, 0.2) is 41.5 Å². The topological polar surface area (TPSA) is 0 Å². The van der Waals surface area contributed by atoms with Gasteiger partial charge < -0.3 is 0 Å². The van der Waals surface area contributed by atoms with E-state index in [1.165, 1.54) is 17.6 Å². The van der Waals surface area contributed by atoms with Gasteiger partial charge in [0.25, 0.3) is 0 Å². The van der Waals surface area contributed by atoms with Crippen molar-refractivity contribution in [1.29, 1.82) is 0 Å². The van der Waals surface area contributed by atoms with Gasteiger partial charge in [0, 0.05) is 17.6 Å². The van der Waals surface area contributed by atoms with Crippen LogP contribution in [0.5, 0.6) is 0 Å². The fourth-order valence-electron chi connectivity index (χ4n) is 2.24. The van der Waals surface area contributed by atoms with E-state index in [1.54, 1.807) is 0 Å². The lowest BCUT2D eigenvalue weighted by molar-refractivity contribution is 0.857. The summed E-state index contributed by atoms with van der Waals surface area (Å²) < 4.78 is 0. The van der Waals surface area contributed by atoms with Crippen molar-refractivity contribution in [3.05, 3.63) is 47.0 Å². The van der Waals surface area contributed by atoms with E-state index < -0.39 is 0 Å². The van der Waals surface area contributed by atoms with Crippen molar-refractivity contribution >= 4 is 0 Å². The lowest BCUT2D eigenvalue weighted by Crippen LogP contribution is -1.83. The van der Waals surface area contributed by atoms with Crippen LogP contribution in [0.1, 0.15) is 37.7 Å². The molecule has 1 aromatic rings. The second-order valence-electron chi connectivity index (χ2n) is 4.60. The van der Waals surface area contributed by atoms with E-state index in [0.29, 0.717) is 0 Å². The SMILES string of the molecule is C#CC1=C(C#CCCCc2ccccc2)CCC1. The Hall–Kier alpha value is -1.92. The van der Waals surface area contributed by atoms with E-state index in [4.69, 9.17) is 6.42 Å². The molecule has 0 saturated heterocycles. The Bertz CT molecular complexity index is 515. The van der Waals surface area contributed by atoms with Gasteiger partial charge in [-0.3, -0.25) is 0 Å². The average Bonchev–Trinajstić information content (AvgIpc) is 2.87. The van der Waals surface area contributed by atoms with Crippen LogP contribution in [-0.4, -0.2) is 0 Å². The summed E-state index contributed by atoms with van der Waals surface area (Å²) in [7, 11) is 0. The minimum Gasteiger partial charge on any atom is -0.115 e. The Balaban J connectivity index is 1.78. The molecule has 1 aliphatic carbocycles. The fourth-order valence-corrected chi connectivity index (χ4v) is 2.24. The molecule has 0 saturated carbocycles. The first kappa shape index (κ1) is 12.5. The lowest BCUT2D eigenvalue weighted by Gasteiger charge is -1.97. The maximum atomic E-state index is 5.45. The van der Waals surface area contributed by atoms with Gasteiger partial charge in [-0.15, -0.1) is 6.42 Å². The molecule has 0 nitrogen and oxygen atoms in total. The molecule has 0 bridgehead atoms. The van der Waals surface area contributed by atoms with Gasteiger partial charge >= 0.3 is 0 Å². The fraction of sp³-hybridized carbons (Fsp3) is 0.333. The van der Waals surface area contributed by atoms with Gasteiger partial charge in [0.2, 0.25) is 0 Å². The highest BCUT2D eigenvalue weighted by atomic mass is 14.1. The molecule has 0 radical (unpaired) electrons. The van der Waals surface area contributed by atoms with Gasteiger partial charge in [-0.25, -0.2) is 0 Å². The summed E-state index contributed by atoms with van der Waals surface area (Å²) >= 11 is 0. The quantitative estimate of drug-likeness (QED) is 0.545. The van der Waals surface area contributed by atoms with Crippen molar-refractivity contribution in [2.75, 3.05) is 0 Å². The van der Waals surface area contributed by atoms with Gasteiger partial charge in [-0.05, 0) is 37.7 Å². The predicted molar refractivity (Wildman–Crippen MR) is 76.9 cm³/mol. The van der Waals surface area contributed by atoms with Crippen LogP contribution in [0.3, 0.4) is 0 Å². The van der Waals surface area contributed by atoms with Crippen LogP contribution in [0.4, 0.5) is 0 Å². The maximum Gasteiger partial charge on any atom is 0.0136 e. The standard InChI is InChI=1S/C18H18/c1-2-17-14-9-15-18(17)13-8-4-7-12-16-10-5-3-6-11-16/h1,3,5-6,10-11H,4,7,9,12,14-15H2. The molecule has 18 heavy (non-hydrogen) atoms. The largest absolute Gasteiger partial charge is 0.115 e. The number of hydrogen-bond donors (Lipinski definition) is 0. The summed E-state index contributed by atoms with van der Waals surface area (Å²) in [4.78, 5) is 0. The molecule has 2 rings (SSSR count). The molecular weight excluding hydrogens is 216 g/mol. The first-order chi connectivity index (χ1) is 8.90. The van der Waals surface area contributed by atoms with Crippen molar-refractivity contribution in [3.8, 4) is 24.2 Å². The molecule has 0 N–H and O–H groups in total. The Morgan fingerprint density at radius 3 is 2.61 bits per heavy atom. The average molecular weight is 234 g/mol. The molecule has 0 amide bonds. The number of terminal acetylenes is 1. The number of rotatable bonds is 3. The molecule has 0 aromatic heterocycles. The van der Waals surface area contributed by atoms with E-state index in [9.17, 15) is 0 Å². The lowest BCUT2D eigenvalue weighted by atomic mass is 10.1. The molecule has 0 aliphatic heterocycles. The molecule has 90 valence electrons. The number of unbranched alkanes of at least 4 members (excludes halogenated alkanes) is 1. The first-order valence-electron chi connectivity index (χ1n) is 6.61. The monoisotopic (exact) mass is 234 g/mol. The second kappa shape index (κ2) is 6.73. The van der Waals surface area contributed by atoms with E-state index >= 15 is 0 Å². The zero-order valence-corrected chi connectivity index (χ0v) is 10.7. The van der Waals surface area contributed by atoms with Crippen LogP contribution >= 0.6 is 0 Å². The Morgan fingerprint density at radius 2 is 1.83 bits per heavy atom. The summed E-state index contributed by atoms with van der Waals surface area (Å²) in [5.74, 6) is 9.27. The normalized spacial score (nSPS) is 13.9. The maximum absolute atomic E-state index is 5.45. The number of benzene rings is 1. The number of aryl methyl sites for hydroxylation is 1. The van der Waals surface area contributed by atoms with E-state index in [2.05, 4.69) is 48.1 Å². The van der Waals surface area contributed by atoms with Crippen molar-refractivity contribution in [2.45, 2.75) is 38.5 Å². The van der Waals surface area contributed by atoms with E-state index in [1.807, 2.05) is 0 Å². The molecule has 1 aliphatic rings. The van der Waals surface area contributed by atoms with Crippen LogP contribution in [-0.2, 0) is 6.42 Å². The minimum atomic E-state index is 0.955. The predicted octanol–water partition coefficient (Wildman–Crippen LogP) is 4.13. The minimum absolute atomic E-state index is 0.955. The van der Waals surface area contributed by atoms with Gasteiger partial charge in [0.15, 0.2) is 0 Å². The Kier molecular flexibility index (Phi) is 4.68. The highest BCUT2D eigenvalue weighted by Gasteiger charge is 2.09. The zero-order valence-electron chi connectivity index (χ0n) is 10.7. The summed E-state index contributed by atoms with van der Waals surface area (Å²) in [5, 5.41) is 0. The van der Waals surface area contributed by atoms with Gasteiger partial charge in [-0.1, -0.05) is 48.1 Å². The molecule has 0 heterocycles. The van der Waals surface area contributed by atoms with Gasteiger partial charge in [-0.2, -0.15) is 0 Å². The molecule has 0 spiro atoms. The molecule has 1 aromatic carbocycles. The second-order valence-corrected chi connectivity index (χ2v) is 4.60. The smallest absolute Gasteiger partial charge is 0.0136 e. The summed E-state index contributed by atoms with van der Waals surface area (Å²) in [6.07, 6.45) is 11.9. The van der Waals surface area contributed by atoms with Crippen molar-refractivity contribution < 1.29 is 0 Å². The highest BCUT2D eigenvalue weighted by molar-refractivity contribution is 5.44. The van der Waals surface area contributed by atoms with E-state index in [0.717, 1.165) is 37.7 Å². The van der Waals surface area contributed by atoms with Crippen LogP contribution in [0.2, 0.25) is 0 Å². The van der Waals surface area contributed by atoms with Crippen LogP contribution < -0.4 is 0 Å². The molecule has 0 heteroatoms. The zero-order chi connectivity index (χ0) is 12.6. The van der Waals surface area contributed by atoms with Crippen molar-refractivity contribution in [1.82, 2.24) is 0 Å². The molecule has 0 unspecified atom stereocenters.